The molecule has 0 unspecified atom stereocenters. The Morgan fingerprint density at radius 2 is 1.94 bits per heavy atom. The Labute approximate surface area is 96.8 Å². The van der Waals surface area contributed by atoms with E-state index in [-0.39, 0.29) is 6.03 Å². The maximum absolute atomic E-state index is 11.7. The number of nitrogens with one attached hydrogen (secondary N) is 1. The summed E-state index contributed by atoms with van der Waals surface area (Å²) in [6.45, 7) is 4.66. The van der Waals surface area contributed by atoms with Crippen LogP contribution >= 0.6 is 0 Å². The summed E-state index contributed by atoms with van der Waals surface area (Å²) in [6.07, 6.45) is 2.02. The van der Waals surface area contributed by atoms with Gasteiger partial charge in [-0.3, -0.25) is 0 Å². The first-order valence-corrected chi connectivity index (χ1v) is 5.30. The van der Waals surface area contributed by atoms with Crippen molar-refractivity contribution in [1.29, 1.82) is 0 Å². The number of para-hydroxylation sites is 1. The second kappa shape index (κ2) is 5.95. The number of nitrogens with zero attached hydrogens (tertiary/aromatic N) is 1. The first-order valence-electron chi connectivity index (χ1n) is 5.30. The highest BCUT2D eigenvalue weighted by Gasteiger charge is 2.06. The highest BCUT2D eigenvalue weighted by molar-refractivity contribution is 5.89. The van der Waals surface area contributed by atoms with Gasteiger partial charge in [0, 0.05) is 19.3 Å². The molecule has 2 amide bonds. The van der Waals surface area contributed by atoms with Gasteiger partial charge in [0.1, 0.15) is 0 Å². The number of likely N-dealkylation sites (N-methyl/N-ethyl adjacent to an activating group) is 1. The standard InChI is InChI=1S/C13H18N2O/c1-11(2)9-10-15(3)13(16)14-12-7-5-4-6-8-12/h4-9H,10H2,1-3H3,(H,14,16). The Kier molecular flexibility index (Phi) is 4.58. The first kappa shape index (κ1) is 12.3. The van der Waals surface area contributed by atoms with Crippen molar-refractivity contribution in [2.24, 2.45) is 0 Å². The van der Waals surface area contributed by atoms with Gasteiger partial charge in [0.15, 0.2) is 0 Å². The molecule has 0 bridgehead atoms. The van der Waals surface area contributed by atoms with E-state index in [0.717, 1.165) is 5.69 Å². The number of urea groups is 1. The molecule has 0 saturated heterocycles. The summed E-state index contributed by atoms with van der Waals surface area (Å²) in [5.74, 6) is 0. The van der Waals surface area contributed by atoms with Crippen LogP contribution in [0, 0.1) is 0 Å². The van der Waals surface area contributed by atoms with Gasteiger partial charge in [0.2, 0.25) is 0 Å². The fourth-order valence-corrected chi connectivity index (χ4v) is 1.14. The van der Waals surface area contributed by atoms with E-state index in [4.69, 9.17) is 0 Å². The summed E-state index contributed by atoms with van der Waals surface area (Å²) in [4.78, 5) is 13.3. The molecule has 16 heavy (non-hydrogen) atoms. The summed E-state index contributed by atoms with van der Waals surface area (Å²) in [5.41, 5.74) is 2.02. The number of allylic oxidation sites excluding steroid dienone is 1. The smallest absolute Gasteiger partial charge is 0.321 e. The Morgan fingerprint density at radius 3 is 2.50 bits per heavy atom. The van der Waals surface area contributed by atoms with Gasteiger partial charge >= 0.3 is 6.03 Å². The minimum Gasteiger partial charge on any atom is -0.324 e. The quantitative estimate of drug-likeness (QED) is 0.777. The molecule has 3 nitrogen and oxygen atoms in total. The fourth-order valence-electron chi connectivity index (χ4n) is 1.14. The molecule has 0 atom stereocenters. The molecule has 0 spiro atoms. The maximum atomic E-state index is 11.7. The highest BCUT2D eigenvalue weighted by atomic mass is 16.2. The van der Waals surface area contributed by atoms with E-state index in [0.29, 0.717) is 6.54 Å². The maximum Gasteiger partial charge on any atom is 0.321 e. The van der Waals surface area contributed by atoms with Crippen LogP contribution in [0.1, 0.15) is 13.8 Å². The molecule has 1 aromatic rings. The van der Waals surface area contributed by atoms with Crippen LogP contribution in [0.25, 0.3) is 0 Å². The average Bonchev–Trinajstić information content (AvgIpc) is 2.27. The molecule has 0 aromatic heterocycles. The lowest BCUT2D eigenvalue weighted by molar-refractivity contribution is 0.226. The molecule has 1 aromatic carbocycles. The van der Waals surface area contributed by atoms with E-state index in [1.807, 2.05) is 50.3 Å². The zero-order valence-corrected chi connectivity index (χ0v) is 10.0. The van der Waals surface area contributed by atoms with Crippen LogP contribution in [-0.2, 0) is 0 Å². The number of rotatable bonds is 3. The van der Waals surface area contributed by atoms with Crippen LogP contribution in [0.5, 0.6) is 0 Å². The minimum atomic E-state index is -0.0938. The van der Waals surface area contributed by atoms with E-state index in [1.165, 1.54) is 5.57 Å². The topological polar surface area (TPSA) is 32.3 Å². The molecule has 3 heteroatoms. The molecule has 0 radical (unpaired) electrons. The lowest BCUT2D eigenvalue weighted by atomic mass is 10.3. The van der Waals surface area contributed by atoms with Crippen LogP contribution in [0.3, 0.4) is 0 Å². The second-order valence-corrected chi connectivity index (χ2v) is 3.96. The summed E-state index contributed by atoms with van der Waals surface area (Å²) in [5, 5.41) is 2.82. The Morgan fingerprint density at radius 1 is 1.31 bits per heavy atom. The monoisotopic (exact) mass is 218 g/mol. The zero-order chi connectivity index (χ0) is 12.0. The third-order valence-electron chi connectivity index (χ3n) is 2.15. The predicted octanol–water partition coefficient (Wildman–Crippen LogP) is 3.12. The number of anilines is 1. The van der Waals surface area contributed by atoms with Crippen LogP contribution in [0.4, 0.5) is 10.5 Å². The molecule has 0 aliphatic rings. The number of hydrogen-bond acceptors (Lipinski definition) is 1. The van der Waals surface area contributed by atoms with E-state index >= 15 is 0 Å². The molecule has 1 N–H and O–H groups in total. The summed E-state index contributed by atoms with van der Waals surface area (Å²) in [7, 11) is 1.78. The molecule has 0 saturated carbocycles. The lowest BCUT2D eigenvalue weighted by Crippen LogP contribution is -2.31. The van der Waals surface area contributed by atoms with Gasteiger partial charge < -0.3 is 10.2 Å². The van der Waals surface area contributed by atoms with Crippen LogP contribution in [0.2, 0.25) is 0 Å². The van der Waals surface area contributed by atoms with Crippen molar-refractivity contribution in [2.75, 3.05) is 18.9 Å². The Balaban J connectivity index is 2.49. The van der Waals surface area contributed by atoms with Crippen LogP contribution in [-0.4, -0.2) is 24.5 Å². The van der Waals surface area contributed by atoms with Crippen molar-refractivity contribution in [3.05, 3.63) is 42.0 Å². The summed E-state index contributed by atoms with van der Waals surface area (Å²) >= 11 is 0. The van der Waals surface area contributed by atoms with E-state index in [2.05, 4.69) is 5.32 Å². The Bertz CT molecular complexity index is 367. The van der Waals surface area contributed by atoms with Crippen molar-refractivity contribution in [1.82, 2.24) is 4.90 Å². The molecular formula is C13H18N2O. The van der Waals surface area contributed by atoms with Crippen molar-refractivity contribution in [3.8, 4) is 0 Å². The van der Waals surface area contributed by atoms with Gasteiger partial charge in [0.05, 0.1) is 0 Å². The number of benzene rings is 1. The molecule has 0 aliphatic carbocycles. The molecular weight excluding hydrogens is 200 g/mol. The SMILES string of the molecule is CC(C)=CCN(C)C(=O)Nc1ccccc1. The average molecular weight is 218 g/mol. The molecule has 0 fully saturated rings. The van der Waals surface area contributed by atoms with Crippen LogP contribution in [0.15, 0.2) is 42.0 Å². The molecule has 1 rings (SSSR count). The van der Waals surface area contributed by atoms with Gasteiger partial charge in [-0.1, -0.05) is 29.8 Å². The lowest BCUT2D eigenvalue weighted by Gasteiger charge is -2.16. The van der Waals surface area contributed by atoms with E-state index in [9.17, 15) is 4.79 Å². The predicted molar refractivity (Wildman–Crippen MR) is 67.5 cm³/mol. The molecule has 86 valence electrons. The normalized spacial score (nSPS) is 9.44. The van der Waals surface area contributed by atoms with Crippen molar-refractivity contribution in [3.63, 3.8) is 0 Å². The summed E-state index contributed by atoms with van der Waals surface area (Å²) in [6, 6.07) is 9.35. The van der Waals surface area contributed by atoms with E-state index in [1.54, 1.807) is 11.9 Å². The largest absolute Gasteiger partial charge is 0.324 e. The van der Waals surface area contributed by atoms with Gasteiger partial charge in [-0.2, -0.15) is 0 Å². The van der Waals surface area contributed by atoms with Gasteiger partial charge in [-0.05, 0) is 26.0 Å². The first-order chi connectivity index (χ1) is 7.59. The minimum absolute atomic E-state index is 0.0938. The third-order valence-corrected chi connectivity index (χ3v) is 2.15. The number of carbonyl (C=O) groups is 1. The van der Waals surface area contributed by atoms with Crippen molar-refractivity contribution < 1.29 is 4.79 Å². The zero-order valence-electron chi connectivity index (χ0n) is 10.0. The highest BCUT2D eigenvalue weighted by Crippen LogP contribution is 2.05. The van der Waals surface area contributed by atoms with Gasteiger partial charge in [-0.15, -0.1) is 0 Å². The molecule has 0 heterocycles. The molecule has 0 aliphatic heterocycles. The van der Waals surface area contributed by atoms with Crippen LogP contribution < -0.4 is 5.32 Å². The van der Waals surface area contributed by atoms with Gasteiger partial charge in [-0.25, -0.2) is 4.79 Å². The van der Waals surface area contributed by atoms with Crippen molar-refractivity contribution >= 4 is 11.7 Å². The fraction of sp³-hybridized carbons (Fsp3) is 0.308. The van der Waals surface area contributed by atoms with Crippen molar-refractivity contribution in [2.45, 2.75) is 13.8 Å². The third kappa shape index (κ3) is 4.17. The van der Waals surface area contributed by atoms with Gasteiger partial charge in [0.25, 0.3) is 0 Å². The number of carbonyl (C=O) groups excluding carboxylic acids is 1. The Hall–Kier alpha value is -1.77. The number of amides is 2. The number of hydrogen-bond donors (Lipinski definition) is 1. The van der Waals surface area contributed by atoms with E-state index < -0.39 is 0 Å². The summed E-state index contributed by atoms with van der Waals surface area (Å²) < 4.78 is 0. The second-order valence-electron chi connectivity index (χ2n) is 3.96.